The van der Waals surface area contributed by atoms with Crippen molar-refractivity contribution in [3.63, 3.8) is 0 Å². The van der Waals surface area contributed by atoms with E-state index in [9.17, 15) is 9.46 Å². The van der Waals surface area contributed by atoms with Crippen LogP contribution in [0, 0.1) is 0 Å². The van der Waals surface area contributed by atoms with Crippen molar-refractivity contribution in [1.29, 1.82) is 0 Å². The molecule has 1 rings (SSSR count). The SMILES string of the molecule is CCP(=O)(O)CCc1ccccc1.[AlH3]. The normalized spacial score (nSPS) is 14.1. The zero-order chi connectivity index (χ0) is 9.73. The highest BCUT2D eigenvalue weighted by Crippen LogP contribution is 2.39. The Labute approximate surface area is 95.9 Å². The average Bonchev–Trinajstić information content (AvgIpc) is 2.17. The highest BCUT2D eigenvalue weighted by molar-refractivity contribution is 7.57. The minimum absolute atomic E-state index is 0. The molecule has 0 saturated carbocycles. The van der Waals surface area contributed by atoms with E-state index in [4.69, 9.17) is 0 Å². The Kier molecular flexibility index (Phi) is 6.40. The van der Waals surface area contributed by atoms with Crippen LogP contribution in [-0.4, -0.2) is 34.6 Å². The zero-order valence-electron chi connectivity index (χ0n) is 7.81. The fourth-order valence-corrected chi connectivity index (χ4v) is 2.03. The van der Waals surface area contributed by atoms with Gasteiger partial charge in [0.1, 0.15) is 0 Å². The number of hydrogen-bond donors (Lipinski definition) is 1. The number of benzene rings is 1. The molecule has 0 heterocycles. The van der Waals surface area contributed by atoms with Crippen molar-refractivity contribution in [2.75, 3.05) is 12.3 Å². The second-order valence-electron chi connectivity index (χ2n) is 3.12. The third kappa shape index (κ3) is 4.98. The molecule has 1 N–H and O–H groups in total. The van der Waals surface area contributed by atoms with Crippen LogP contribution < -0.4 is 0 Å². The van der Waals surface area contributed by atoms with E-state index in [0.717, 1.165) is 5.56 Å². The van der Waals surface area contributed by atoms with Gasteiger partial charge in [-0.05, 0) is 12.0 Å². The van der Waals surface area contributed by atoms with Crippen molar-refractivity contribution in [3.05, 3.63) is 35.9 Å². The molecule has 1 atom stereocenters. The fraction of sp³-hybridized carbons (Fsp3) is 0.400. The van der Waals surface area contributed by atoms with E-state index in [0.29, 0.717) is 18.7 Å². The molecule has 0 amide bonds. The summed E-state index contributed by atoms with van der Waals surface area (Å²) >= 11 is 0. The molecule has 2 nitrogen and oxygen atoms in total. The third-order valence-corrected chi connectivity index (χ3v) is 4.00. The van der Waals surface area contributed by atoms with Crippen molar-refractivity contribution in [1.82, 2.24) is 0 Å². The summed E-state index contributed by atoms with van der Waals surface area (Å²) in [4.78, 5) is 9.34. The first kappa shape index (κ1) is 13.9. The smallest absolute Gasteiger partial charge is 0.200 e. The minimum Gasteiger partial charge on any atom is -0.344 e. The van der Waals surface area contributed by atoms with E-state index in [1.807, 2.05) is 30.3 Å². The molecule has 0 fully saturated rings. The van der Waals surface area contributed by atoms with Crippen LogP contribution in [0.25, 0.3) is 0 Å². The van der Waals surface area contributed by atoms with Crippen molar-refractivity contribution in [2.45, 2.75) is 13.3 Å². The van der Waals surface area contributed by atoms with Crippen LogP contribution in [0.2, 0.25) is 0 Å². The molecular weight excluding hydrogens is 210 g/mol. The zero-order valence-corrected chi connectivity index (χ0v) is 8.71. The van der Waals surface area contributed by atoms with Crippen molar-refractivity contribution >= 4 is 24.7 Å². The second kappa shape index (κ2) is 6.43. The van der Waals surface area contributed by atoms with Gasteiger partial charge < -0.3 is 4.89 Å². The highest BCUT2D eigenvalue weighted by atomic mass is 31.2. The fourth-order valence-electron chi connectivity index (χ4n) is 1.11. The van der Waals surface area contributed by atoms with Crippen LogP contribution in [0.1, 0.15) is 12.5 Å². The van der Waals surface area contributed by atoms with Gasteiger partial charge in [0.25, 0.3) is 0 Å². The van der Waals surface area contributed by atoms with Crippen LogP contribution in [0.4, 0.5) is 0 Å². The van der Waals surface area contributed by atoms with Crippen LogP contribution >= 0.6 is 7.37 Å². The maximum Gasteiger partial charge on any atom is 0.200 e. The van der Waals surface area contributed by atoms with Crippen molar-refractivity contribution in [3.8, 4) is 0 Å². The Morgan fingerprint density at radius 1 is 1.29 bits per heavy atom. The Hall–Kier alpha value is -0.0575. The molecule has 4 heteroatoms. The summed E-state index contributed by atoms with van der Waals surface area (Å²) in [5.41, 5.74) is 1.13. The van der Waals surface area contributed by atoms with Gasteiger partial charge >= 0.3 is 0 Å². The predicted octanol–water partition coefficient (Wildman–Crippen LogP) is 1.34. The maximum absolute atomic E-state index is 11.3. The monoisotopic (exact) mass is 228 g/mol. The summed E-state index contributed by atoms with van der Waals surface area (Å²) < 4.78 is 11.3. The molecule has 0 spiro atoms. The molecule has 0 aliphatic rings. The molecule has 1 unspecified atom stereocenters. The second-order valence-corrected chi connectivity index (χ2v) is 5.89. The molecule has 0 aromatic heterocycles. The Bertz CT molecular complexity index is 300. The quantitative estimate of drug-likeness (QED) is 0.623. The molecule has 0 aliphatic heterocycles. The maximum atomic E-state index is 11.3. The Morgan fingerprint density at radius 3 is 2.36 bits per heavy atom. The molecule has 0 bridgehead atoms. The van der Waals surface area contributed by atoms with E-state index < -0.39 is 7.37 Å². The van der Waals surface area contributed by atoms with Gasteiger partial charge in [0, 0.05) is 12.3 Å². The predicted molar refractivity (Wildman–Crippen MR) is 65.3 cm³/mol. The van der Waals surface area contributed by atoms with Gasteiger partial charge in [0.15, 0.2) is 17.4 Å². The van der Waals surface area contributed by atoms with Gasteiger partial charge in [-0.25, -0.2) is 0 Å². The first-order valence-corrected chi connectivity index (χ1v) is 6.52. The third-order valence-electron chi connectivity index (χ3n) is 2.09. The van der Waals surface area contributed by atoms with E-state index in [2.05, 4.69) is 0 Å². The van der Waals surface area contributed by atoms with Crippen LogP contribution in [0.15, 0.2) is 30.3 Å². The molecule has 78 valence electrons. The van der Waals surface area contributed by atoms with E-state index >= 15 is 0 Å². The Morgan fingerprint density at radius 2 is 1.86 bits per heavy atom. The van der Waals surface area contributed by atoms with Gasteiger partial charge in [0.2, 0.25) is 7.37 Å². The number of aryl methyl sites for hydroxylation is 1. The molecule has 1 aromatic rings. The minimum atomic E-state index is -2.84. The van der Waals surface area contributed by atoms with E-state index in [-0.39, 0.29) is 17.4 Å². The standard InChI is InChI=1S/C10H15O2P.Al.3H/c1-2-13(11,12)9-8-10-6-4-3-5-7-10;;;;/h3-7H,2,8-9H2,1H3,(H,11,12);;;;. The van der Waals surface area contributed by atoms with Crippen LogP contribution in [-0.2, 0) is 11.0 Å². The summed E-state index contributed by atoms with van der Waals surface area (Å²) in [6.45, 7) is 1.76. The number of hydrogen-bond acceptors (Lipinski definition) is 1. The summed E-state index contributed by atoms with van der Waals surface area (Å²) in [6.07, 6.45) is 1.47. The van der Waals surface area contributed by atoms with Crippen LogP contribution in [0.5, 0.6) is 0 Å². The first-order chi connectivity index (χ1) is 6.14. The van der Waals surface area contributed by atoms with Gasteiger partial charge in [-0.3, -0.25) is 4.57 Å². The van der Waals surface area contributed by atoms with Gasteiger partial charge in [-0.2, -0.15) is 0 Å². The van der Waals surface area contributed by atoms with Gasteiger partial charge in [-0.1, -0.05) is 37.3 Å². The molecule has 14 heavy (non-hydrogen) atoms. The lowest BCUT2D eigenvalue weighted by Gasteiger charge is -2.07. The lowest BCUT2D eigenvalue weighted by Crippen LogP contribution is -1.95. The topological polar surface area (TPSA) is 37.3 Å². The summed E-state index contributed by atoms with van der Waals surface area (Å²) in [5.74, 6) is 0. The largest absolute Gasteiger partial charge is 0.344 e. The number of rotatable bonds is 4. The first-order valence-electron chi connectivity index (χ1n) is 4.49. The molecule has 1 aromatic carbocycles. The van der Waals surface area contributed by atoms with Crippen LogP contribution in [0.3, 0.4) is 0 Å². The lowest BCUT2D eigenvalue weighted by atomic mass is 10.2. The van der Waals surface area contributed by atoms with E-state index in [1.165, 1.54) is 0 Å². The van der Waals surface area contributed by atoms with Gasteiger partial charge in [0.05, 0.1) is 0 Å². The highest BCUT2D eigenvalue weighted by Gasteiger charge is 2.13. The lowest BCUT2D eigenvalue weighted by molar-refractivity contribution is 0.479. The molecule has 0 radical (unpaired) electrons. The van der Waals surface area contributed by atoms with Crippen molar-refractivity contribution in [2.24, 2.45) is 0 Å². The Balaban J connectivity index is 0.00000169. The average molecular weight is 228 g/mol. The molecule has 0 aliphatic carbocycles. The summed E-state index contributed by atoms with van der Waals surface area (Å²) in [5, 5.41) is 0. The molecule has 0 saturated heterocycles. The van der Waals surface area contributed by atoms with E-state index in [1.54, 1.807) is 6.92 Å². The summed E-state index contributed by atoms with van der Waals surface area (Å²) in [7, 11) is -2.84. The molecular formula is C10H18AlO2P. The van der Waals surface area contributed by atoms with Gasteiger partial charge in [-0.15, -0.1) is 0 Å². The summed E-state index contributed by atoms with van der Waals surface area (Å²) in [6, 6.07) is 9.81. The van der Waals surface area contributed by atoms with Crippen molar-refractivity contribution < 1.29 is 9.46 Å².